The van der Waals surface area contributed by atoms with Gasteiger partial charge in [0.1, 0.15) is 9.96 Å². The molecule has 9 nitrogen and oxygen atoms in total. The van der Waals surface area contributed by atoms with Crippen molar-refractivity contribution < 1.29 is 27.8 Å². The number of ether oxygens (including phenoxy) is 2. The van der Waals surface area contributed by atoms with Gasteiger partial charge in [0.15, 0.2) is 0 Å². The van der Waals surface area contributed by atoms with E-state index in [9.17, 15) is 18.3 Å². The van der Waals surface area contributed by atoms with Crippen molar-refractivity contribution in [3.05, 3.63) is 41.3 Å². The predicted octanol–water partition coefficient (Wildman–Crippen LogP) is 4.69. The third-order valence-corrected chi connectivity index (χ3v) is 10.6. The molecule has 2 aliphatic rings. The Kier molecular flexibility index (Phi) is 11.1. The molecule has 1 aromatic carbocycles. The van der Waals surface area contributed by atoms with E-state index in [4.69, 9.17) is 9.47 Å². The number of sulfonamides is 1. The number of nitrogens with zero attached hydrogens (tertiary/aromatic N) is 2. The Hall–Kier alpha value is -2.18. The lowest BCUT2D eigenvalue weighted by Gasteiger charge is -2.36. The molecule has 1 aliphatic heterocycles. The van der Waals surface area contributed by atoms with Crippen molar-refractivity contribution >= 4 is 33.0 Å². The molecule has 0 radical (unpaired) electrons. The minimum atomic E-state index is -3.80. The Morgan fingerprint density at radius 3 is 2.63 bits per heavy atom. The molecule has 0 unspecified atom stereocenters. The van der Waals surface area contributed by atoms with Crippen LogP contribution in [0.1, 0.15) is 63.2 Å². The molecule has 1 fully saturated rings. The maximum absolute atomic E-state index is 14.2. The van der Waals surface area contributed by atoms with Crippen LogP contribution in [0.15, 0.2) is 39.9 Å². The second kappa shape index (κ2) is 14.3. The first kappa shape index (κ1) is 31.7. The van der Waals surface area contributed by atoms with Crippen molar-refractivity contribution in [1.82, 2.24) is 9.80 Å². The number of hydrogen-bond donors (Lipinski definition) is 2. The molecule has 11 heteroatoms. The topological polar surface area (TPSA) is 108 Å². The second-order valence-electron chi connectivity index (χ2n) is 11.7. The van der Waals surface area contributed by atoms with Crippen LogP contribution < -0.4 is 9.46 Å². The number of thiophene rings is 1. The first-order chi connectivity index (χ1) is 19.6. The molecule has 2 N–H and O–H groups in total. The number of nitrogens with one attached hydrogen (secondary N) is 1. The van der Waals surface area contributed by atoms with Gasteiger partial charge in [-0.05, 0) is 88.6 Å². The highest BCUT2D eigenvalue weighted by molar-refractivity contribution is 7.94. The van der Waals surface area contributed by atoms with E-state index in [0.717, 1.165) is 49.6 Å². The third-order valence-electron chi connectivity index (χ3n) is 7.82. The summed E-state index contributed by atoms with van der Waals surface area (Å²) < 4.78 is 41.3. The van der Waals surface area contributed by atoms with Crippen molar-refractivity contribution in [1.29, 1.82) is 0 Å². The molecule has 1 saturated carbocycles. The van der Waals surface area contributed by atoms with E-state index in [1.54, 1.807) is 34.5 Å². The van der Waals surface area contributed by atoms with E-state index < -0.39 is 16.1 Å². The molecule has 2 heterocycles. The molecule has 228 valence electrons. The number of hydrogen-bond acceptors (Lipinski definition) is 8. The molecule has 41 heavy (non-hydrogen) atoms. The van der Waals surface area contributed by atoms with E-state index in [1.165, 1.54) is 18.9 Å². The number of anilines is 1. The lowest BCUT2D eigenvalue weighted by atomic mass is 10.0. The van der Waals surface area contributed by atoms with Gasteiger partial charge in [-0.25, -0.2) is 8.42 Å². The van der Waals surface area contributed by atoms with Crippen LogP contribution in [0.2, 0.25) is 0 Å². The normalized spacial score (nSPS) is 23.9. The van der Waals surface area contributed by atoms with Crippen LogP contribution in [-0.4, -0.2) is 87.4 Å². The Morgan fingerprint density at radius 2 is 1.95 bits per heavy atom. The molecule has 1 aromatic heterocycles. The summed E-state index contributed by atoms with van der Waals surface area (Å²) in [5.41, 5.74) is 0.534. The minimum absolute atomic E-state index is 0.00125. The maximum Gasteiger partial charge on any atom is 0.271 e. The van der Waals surface area contributed by atoms with E-state index in [1.807, 2.05) is 13.8 Å². The van der Waals surface area contributed by atoms with Gasteiger partial charge in [-0.2, -0.15) is 0 Å². The third kappa shape index (κ3) is 8.90. The van der Waals surface area contributed by atoms with Crippen LogP contribution in [0.3, 0.4) is 0 Å². The average molecular weight is 608 g/mol. The summed E-state index contributed by atoms with van der Waals surface area (Å²) in [7, 11) is -1.67. The first-order valence-electron chi connectivity index (χ1n) is 14.7. The first-order valence-corrected chi connectivity index (χ1v) is 17.0. The molecule has 0 spiro atoms. The molecule has 0 saturated heterocycles. The van der Waals surface area contributed by atoms with E-state index in [0.29, 0.717) is 18.9 Å². The zero-order valence-corrected chi connectivity index (χ0v) is 26.3. The number of benzene rings is 1. The van der Waals surface area contributed by atoms with Gasteiger partial charge in [0.05, 0.1) is 30.4 Å². The van der Waals surface area contributed by atoms with Gasteiger partial charge in [0, 0.05) is 37.8 Å². The lowest BCUT2D eigenvalue weighted by molar-refractivity contribution is -0.0172. The standard InChI is InChI=1S/C30H45N3O6S2/c1-21-17-33(22(2)20-34)30(35)26-16-25(31-41(36,37)29-9-7-15-40-29)12-13-27(26)39-23(3)8-5-6-14-38-28(21)19-32(4)18-24-10-11-24/h7,9,12-13,15-16,21-24,28,31,34H,5-6,8,10-11,14,17-20H2,1-4H3/t21-,22+,23-,28-/m1/s1. The Labute approximate surface area is 248 Å². The van der Waals surface area contributed by atoms with Crippen LogP contribution in [0.25, 0.3) is 0 Å². The van der Waals surface area contributed by atoms with Crippen molar-refractivity contribution in [2.75, 3.05) is 44.6 Å². The van der Waals surface area contributed by atoms with Crippen LogP contribution in [-0.2, 0) is 14.8 Å². The Morgan fingerprint density at radius 1 is 1.17 bits per heavy atom. The quantitative estimate of drug-likeness (QED) is 0.426. The molecule has 4 atom stereocenters. The molecule has 1 amide bonds. The SMILES string of the molecule is C[C@@H]1CCCCO[C@H](CN(C)CC2CC2)[C@H](C)CN([C@@H](C)CO)C(=O)c2cc(NS(=O)(=O)c3cccs3)ccc2O1. The molecule has 4 rings (SSSR count). The summed E-state index contributed by atoms with van der Waals surface area (Å²) in [6.45, 7) is 8.53. The number of carbonyl (C=O) groups is 1. The largest absolute Gasteiger partial charge is 0.490 e. The summed E-state index contributed by atoms with van der Waals surface area (Å²) in [5, 5.41) is 11.8. The minimum Gasteiger partial charge on any atom is -0.490 e. The zero-order valence-electron chi connectivity index (χ0n) is 24.6. The number of aliphatic hydroxyl groups is 1. The van der Waals surface area contributed by atoms with Gasteiger partial charge < -0.3 is 24.4 Å². The van der Waals surface area contributed by atoms with Crippen LogP contribution >= 0.6 is 11.3 Å². The molecule has 0 bridgehead atoms. The van der Waals surface area contributed by atoms with Crippen LogP contribution in [0.4, 0.5) is 5.69 Å². The lowest BCUT2D eigenvalue weighted by Crippen LogP contribution is -2.47. The predicted molar refractivity (Wildman–Crippen MR) is 162 cm³/mol. The summed E-state index contributed by atoms with van der Waals surface area (Å²) in [6, 6.07) is 7.58. The Bertz CT molecular complexity index is 1230. The van der Waals surface area contributed by atoms with Crippen LogP contribution in [0, 0.1) is 11.8 Å². The maximum atomic E-state index is 14.2. The second-order valence-corrected chi connectivity index (χ2v) is 14.6. The summed E-state index contributed by atoms with van der Waals surface area (Å²) in [5.74, 6) is 0.852. The van der Waals surface area contributed by atoms with Gasteiger partial charge in [0.2, 0.25) is 0 Å². The number of fused-ring (bicyclic) bond motifs is 1. The Balaban J connectivity index is 1.65. The van der Waals surface area contributed by atoms with Crippen LogP contribution in [0.5, 0.6) is 5.75 Å². The van der Waals surface area contributed by atoms with Gasteiger partial charge in [-0.1, -0.05) is 13.0 Å². The summed E-state index contributed by atoms with van der Waals surface area (Å²) in [6.07, 6.45) is 4.98. The number of amides is 1. The summed E-state index contributed by atoms with van der Waals surface area (Å²) >= 11 is 1.12. The molecule has 1 aliphatic carbocycles. The van der Waals surface area contributed by atoms with Gasteiger partial charge in [-0.15, -0.1) is 11.3 Å². The van der Waals surface area contributed by atoms with Crippen molar-refractivity contribution in [2.45, 2.75) is 75.3 Å². The van der Waals surface area contributed by atoms with E-state index in [2.05, 4.69) is 23.6 Å². The van der Waals surface area contributed by atoms with Crippen molar-refractivity contribution in [2.24, 2.45) is 11.8 Å². The monoisotopic (exact) mass is 607 g/mol. The van der Waals surface area contributed by atoms with E-state index >= 15 is 0 Å². The zero-order chi connectivity index (χ0) is 29.6. The smallest absolute Gasteiger partial charge is 0.271 e. The fourth-order valence-corrected chi connectivity index (χ4v) is 7.24. The number of likely N-dealkylation sites (N-methyl/N-ethyl adjacent to an activating group) is 1. The molecule has 2 aromatic rings. The summed E-state index contributed by atoms with van der Waals surface area (Å²) in [4.78, 5) is 18.2. The van der Waals surface area contributed by atoms with Gasteiger partial charge in [0.25, 0.3) is 15.9 Å². The fourth-order valence-electron chi connectivity index (χ4n) is 5.19. The van der Waals surface area contributed by atoms with Gasteiger partial charge in [-0.3, -0.25) is 9.52 Å². The van der Waals surface area contributed by atoms with Crippen molar-refractivity contribution in [3.63, 3.8) is 0 Å². The van der Waals surface area contributed by atoms with Gasteiger partial charge >= 0.3 is 0 Å². The number of aliphatic hydroxyl groups excluding tert-OH is 1. The average Bonchev–Trinajstić information content (AvgIpc) is 3.55. The van der Waals surface area contributed by atoms with E-state index in [-0.39, 0.29) is 46.1 Å². The highest BCUT2D eigenvalue weighted by Crippen LogP contribution is 2.31. The molecular weight excluding hydrogens is 562 g/mol. The number of rotatable bonds is 9. The fraction of sp³-hybridized carbons (Fsp3) is 0.633. The molecular formula is C30H45N3O6S2. The van der Waals surface area contributed by atoms with Crippen molar-refractivity contribution in [3.8, 4) is 5.75 Å². The highest BCUT2D eigenvalue weighted by Gasteiger charge is 2.31. The highest BCUT2D eigenvalue weighted by atomic mass is 32.2. The number of carbonyl (C=O) groups excluding carboxylic acids is 1.